The summed E-state index contributed by atoms with van der Waals surface area (Å²) in [6, 6.07) is 15.0. The van der Waals surface area contributed by atoms with Crippen LogP contribution in [0.5, 0.6) is 0 Å². The van der Waals surface area contributed by atoms with E-state index >= 15 is 0 Å². The van der Waals surface area contributed by atoms with Crippen LogP contribution in [0.2, 0.25) is 0 Å². The third kappa shape index (κ3) is 4.04. The Labute approximate surface area is 148 Å². The number of anilines is 1. The zero-order chi connectivity index (χ0) is 17.5. The molecule has 126 valence electrons. The van der Waals surface area contributed by atoms with Crippen molar-refractivity contribution in [3.05, 3.63) is 65.2 Å². The normalized spacial score (nSPS) is 10.5. The predicted molar refractivity (Wildman–Crippen MR) is 99.0 cm³/mol. The lowest BCUT2D eigenvalue weighted by Gasteiger charge is -2.26. The van der Waals surface area contributed by atoms with Crippen molar-refractivity contribution in [2.24, 2.45) is 0 Å². The second kappa shape index (κ2) is 8.65. The molecule has 1 amide bonds. The molecule has 2 rings (SSSR count). The number of carbonyl (C=O) groups excluding carboxylic acids is 2. The first-order chi connectivity index (χ1) is 11.6. The third-order valence-electron chi connectivity index (χ3n) is 4.05. The van der Waals surface area contributed by atoms with Crippen LogP contribution in [0, 0.1) is 0 Å². The van der Waals surface area contributed by atoms with Crippen LogP contribution in [0.1, 0.15) is 35.3 Å². The smallest absolute Gasteiger partial charge is 0.242 e. The highest BCUT2D eigenvalue weighted by atomic mass is 35.5. The highest BCUT2D eigenvalue weighted by Gasteiger charge is 2.23. The number of nitrogens with zero attached hydrogens (tertiary/aromatic N) is 1. The van der Waals surface area contributed by atoms with Crippen LogP contribution in [0.4, 0.5) is 5.69 Å². The topological polar surface area (TPSA) is 37.4 Å². The van der Waals surface area contributed by atoms with Gasteiger partial charge in [-0.05, 0) is 24.0 Å². The van der Waals surface area contributed by atoms with Gasteiger partial charge in [0.25, 0.3) is 0 Å². The van der Waals surface area contributed by atoms with Crippen LogP contribution in [-0.2, 0) is 17.6 Å². The largest absolute Gasteiger partial charge is 0.303 e. The maximum atomic E-state index is 12.6. The molecule has 0 atom stereocenters. The maximum Gasteiger partial charge on any atom is 0.242 e. The van der Waals surface area contributed by atoms with Gasteiger partial charge in [0, 0.05) is 5.56 Å². The van der Waals surface area contributed by atoms with Crippen molar-refractivity contribution in [3.63, 3.8) is 0 Å². The minimum Gasteiger partial charge on any atom is -0.303 e. The van der Waals surface area contributed by atoms with Gasteiger partial charge in [-0.1, -0.05) is 62.4 Å². The SMILES string of the molecule is CCc1cccc(CC)c1N(CC(=O)c1ccccc1)C(=O)CCl. The summed E-state index contributed by atoms with van der Waals surface area (Å²) in [5.74, 6) is -0.498. The summed E-state index contributed by atoms with van der Waals surface area (Å²) < 4.78 is 0. The number of Topliss-reactive ketones (excluding diaryl/α,β-unsaturated/α-hetero) is 1. The third-order valence-corrected chi connectivity index (χ3v) is 4.28. The number of alkyl halides is 1. The van der Waals surface area contributed by atoms with Crippen molar-refractivity contribution >= 4 is 29.0 Å². The van der Waals surface area contributed by atoms with E-state index in [0.717, 1.165) is 29.7 Å². The van der Waals surface area contributed by atoms with Crippen molar-refractivity contribution < 1.29 is 9.59 Å². The number of carbonyl (C=O) groups is 2. The van der Waals surface area contributed by atoms with Gasteiger partial charge in [0.1, 0.15) is 5.88 Å². The Morgan fingerprint density at radius 3 is 2.00 bits per heavy atom. The lowest BCUT2D eigenvalue weighted by Crippen LogP contribution is -2.38. The molecule has 0 N–H and O–H groups in total. The summed E-state index contributed by atoms with van der Waals surface area (Å²) in [6.45, 7) is 4.08. The Morgan fingerprint density at radius 1 is 0.917 bits per heavy atom. The molecule has 4 heteroatoms. The second-order valence-corrected chi connectivity index (χ2v) is 5.80. The average Bonchev–Trinajstić information content (AvgIpc) is 2.65. The molecule has 0 unspecified atom stereocenters. The van der Waals surface area contributed by atoms with E-state index in [1.807, 2.05) is 50.2 Å². The van der Waals surface area contributed by atoms with Gasteiger partial charge >= 0.3 is 0 Å². The van der Waals surface area contributed by atoms with E-state index < -0.39 is 0 Å². The van der Waals surface area contributed by atoms with Crippen LogP contribution >= 0.6 is 11.6 Å². The molecule has 0 saturated carbocycles. The van der Waals surface area contributed by atoms with E-state index in [0.29, 0.717) is 5.56 Å². The molecule has 24 heavy (non-hydrogen) atoms. The standard InChI is InChI=1S/C20H22ClNO2/c1-3-15-11-8-12-16(4-2)20(15)22(19(24)13-21)14-18(23)17-9-6-5-7-10-17/h5-12H,3-4,13-14H2,1-2H3. The molecule has 0 heterocycles. The summed E-state index contributed by atoms with van der Waals surface area (Å²) in [4.78, 5) is 26.6. The number of amides is 1. The van der Waals surface area contributed by atoms with Gasteiger partial charge in [0.2, 0.25) is 5.91 Å². The lowest BCUT2D eigenvalue weighted by atomic mass is 10.0. The van der Waals surface area contributed by atoms with Gasteiger partial charge in [0.05, 0.1) is 12.2 Å². The molecule has 2 aromatic rings. The van der Waals surface area contributed by atoms with Crippen molar-refractivity contribution in [3.8, 4) is 0 Å². The predicted octanol–water partition coefficient (Wildman–Crippen LogP) is 4.27. The van der Waals surface area contributed by atoms with Crippen LogP contribution in [0.3, 0.4) is 0 Å². The van der Waals surface area contributed by atoms with Gasteiger partial charge in [-0.25, -0.2) is 0 Å². The maximum absolute atomic E-state index is 12.6. The molecule has 0 fully saturated rings. The second-order valence-electron chi connectivity index (χ2n) is 5.53. The molecule has 0 spiro atoms. The van der Waals surface area contributed by atoms with E-state index in [-0.39, 0.29) is 24.1 Å². The summed E-state index contributed by atoms with van der Waals surface area (Å²) in [7, 11) is 0. The highest BCUT2D eigenvalue weighted by Crippen LogP contribution is 2.27. The van der Waals surface area contributed by atoms with Crippen molar-refractivity contribution in [2.75, 3.05) is 17.3 Å². The van der Waals surface area contributed by atoms with Crippen molar-refractivity contribution in [1.29, 1.82) is 0 Å². The summed E-state index contributed by atoms with van der Waals surface area (Å²) in [6.07, 6.45) is 1.57. The van der Waals surface area contributed by atoms with Gasteiger partial charge in [-0.2, -0.15) is 0 Å². The minimum absolute atomic E-state index is 0.000417. The molecule has 0 aliphatic carbocycles. The quantitative estimate of drug-likeness (QED) is 0.556. The fourth-order valence-electron chi connectivity index (χ4n) is 2.78. The highest BCUT2D eigenvalue weighted by molar-refractivity contribution is 6.30. The van der Waals surface area contributed by atoms with E-state index in [2.05, 4.69) is 0 Å². The summed E-state index contributed by atoms with van der Waals surface area (Å²) in [5, 5.41) is 0. The number of aryl methyl sites for hydroxylation is 2. The van der Waals surface area contributed by atoms with Crippen molar-refractivity contribution in [1.82, 2.24) is 0 Å². The minimum atomic E-state index is -0.253. The number of hydrogen-bond donors (Lipinski definition) is 0. The van der Waals surface area contributed by atoms with Crippen LogP contribution in [0.15, 0.2) is 48.5 Å². The van der Waals surface area contributed by atoms with E-state index in [4.69, 9.17) is 11.6 Å². The van der Waals surface area contributed by atoms with E-state index in [1.54, 1.807) is 17.0 Å². The molecule has 0 saturated heterocycles. The number of ketones is 1. The van der Waals surface area contributed by atoms with Crippen LogP contribution < -0.4 is 4.90 Å². The molecule has 2 aromatic carbocycles. The number of rotatable bonds is 7. The monoisotopic (exact) mass is 343 g/mol. The molecule has 0 aromatic heterocycles. The lowest BCUT2D eigenvalue weighted by molar-refractivity contribution is -0.116. The fraction of sp³-hybridized carbons (Fsp3) is 0.300. The van der Waals surface area contributed by atoms with Crippen LogP contribution in [-0.4, -0.2) is 24.1 Å². The molecular weight excluding hydrogens is 322 g/mol. The van der Waals surface area contributed by atoms with Gasteiger partial charge in [-0.3, -0.25) is 9.59 Å². The molecule has 0 radical (unpaired) electrons. The molecule has 3 nitrogen and oxygen atoms in total. The number of hydrogen-bond acceptors (Lipinski definition) is 2. The first kappa shape index (κ1) is 18.2. The summed E-state index contributed by atoms with van der Waals surface area (Å²) in [5.41, 5.74) is 3.52. The van der Waals surface area contributed by atoms with E-state index in [9.17, 15) is 9.59 Å². The Bertz CT molecular complexity index is 691. The Balaban J connectivity index is 2.43. The molecular formula is C20H22ClNO2. The number of benzene rings is 2. The van der Waals surface area contributed by atoms with Crippen LogP contribution in [0.25, 0.3) is 0 Å². The number of halogens is 1. The van der Waals surface area contributed by atoms with Gasteiger partial charge in [0.15, 0.2) is 5.78 Å². The molecule has 0 bridgehead atoms. The van der Waals surface area contributed by atoms with Gasteiger partial charge in [-0.15, -0.1) is 11.6 Å². The van der Waals surface area contributed by atoms with E-state index in [1.165, 1.54) is 0 Å². The zero-order valence-corrected chi connectivity index (χ0v) is 14.8. The Kier molecular flexibility index (Phi) is 6.56. The number of para-hydroxylation sites is 1. The summed E-state index contributed by atoms with van der Waals surface area (Å²) >= 11 is 5.81. The first-order valence-corrected chi connectivity index (χ1v) is 8.71. The Morgan fingerprint density at radius 2 is 1.50 bits per heavy atom. The molecule has 0 aliphatic rings. The Hall–Kier alpha value is -2.13. The van der Waals surface area contributed by atoms with Gasteiger partial charge < -0.3 is 4.90 Å². The first-order valence-electron chi connectivity index (χ1n) is 8.17. The average molecular weight is 344 g/mol. The molecule has 0 aliphatic heterocycles. The van der Waals surface area contributed by atoms with Crippen molar-refractivity contribution in [2.45, 2.75) is 26.7 Å². The zero-order valence-electron chi connectivity index (χ0n) is 14.1. The fourth-order valence-corrected chi connectivity index (χ4v) is 2.93.